The molecule has 1 amide bonds. The smallest absolute Gasteiger partial charge is 0.230 e. The normalized spacial score (nSPS) is 15.0. The molecule has 1 aliphatic rings. The van der Waals surface area contributed by atoms with Crippen LogP contribution in [0.1, 0.15) is 50.7 Å². The molecule has 1 fully saturated rings. The number of halogens is 1. The predicted octanol–water partition coefficient (Wildman–Crippen LogP) is 4.65. The van der Waals surface area contributed by atoms with Crippen LogP contribution in [0.5, 0.6) is 5.88 Å². The molecular formula is C21H25ClN2O2. The van der Waals surface area contributed by atoms with E-state index < -0.39 is 5.41 Å². The SMILES string of the molecule is CC(C)(C(=O)NCc1ccnc(OC2CCCC2)c1)c1ccc(Cl)cc1. The van der Waals surface area contributed by atoms with Gasteiger partial charge >= 0.3 is 0 Å². The molecule has 1 aromatic heterocycles. The first-order valence-electron chi connectivity index (χ1n) is 9.11. The topological polar surface area (TPSA) is 51.2 Å². The molecule has 26 heavy (non-hydrogen) atoms. The van der Waals surface area contributed by atoms with Crippen molar-refractivity contribution in [3.05, 3.63) is 58.7 Å². The molecule has 138 valence electrons. The van der Waals surface area contributed by atoms with Gasteiger partial charge in [-0.3, -0.25) is 4.79 Å². The molecule has 1 aromatic carbocycles. The lowest BCUT2D eigenvalue weighted by molar-refractivity contribution is -0.125. The van der Waals surface area contributed by atoms with Crippen LogP contribution in [0, 0.1) is 0 Å². The zero-order valence-corrected chi connectivity index (χ0v) is 16.1. The number of carbonyl (C=O) groups excluding carboxylic acids is 1. The van der Waals surface area contributed by atoms with Gasteiger partial charge in [0, 0.05) is 23.8 Å². The van der Waals surface area contributed by atoms with E-state index in [-0.39, 0.29) is 12.0 Å². The van der Waals surface area contributed by atoms with E-state index in [1.807, 2.05) is 38.1 Å². The Labute approximate surface area is 159 Å². The highest BCUT2D eigenvalue weighted by Gasteiger charge is 2.29. The Morgan fingerprint density at radius 3 is 2.62 bits per heavy atom. The zero-order valence-electron chi connectivity index (χ0n) is 15.3. The number of nitrogens with zero attached hydrogens (tertiary/aromatic N) is 1. The van der Waals surface area contributed by atoms with E-state index in [4.69, 9.17) is 16.3 Å². The lowest BCUT2D eigenvalue weighted by Gasteiger charge is -2.24. The molecule has 3 rings (SSSR count). The van der Waals surface area contributed by atoms with Crippen LogP contribution >= 0.6 is 11.6 Å². The van der Waals surface area contributed by atoms with Gasteiger partial charge in [-0.25, -0.2) is 4.98 Å². The van der Waals surface area contributed by atoms with Gasteiger partial charge in [-0.1, -0.05) is 23.7 Å². The summed E-state index contributed by atoms with van der Waals surface area (Å²) in [4.78, 5) is 17.0. The molecule has 1 saturated carbocycles. The van der Waals surface area contributed by atoms with Crippen molar-refractivity contribution in [3.8, 4) is 5.88 Å². The lowest BCUT2D eigenvalue weighted by atomic mass is 9.83. The van der Waals surface area contributed by atoms with Gasteiger partial charge in [0.25, 0.3) is 0 Å². The predicted molar refractivity (Wildman–Crippen MR) is 103 cm³/mol. The van der Waals surface area contributed by atoms with E-state index in [0.717, 1.165) is 24.0 Å². The molecule has 0 radical (unpaired) electrons. The Hall–Kier alpha value is -2.07. The van der Waals surface area contributed by atoms with E-state index in [1.54, 1.807) is 18.3 Å². The van der Waals surface area contributed by atoms with Crippen molar-refractivity contribution in [2.45, 2.75) is 57.6 Å². The summed E-state index contributed by atoms with van der Waals surface area (Å²) in [6.45, 7) is 4.26. The summed E-state index contributed by atoms with van der Waals surface area (Å²) in [7, 11) is 0. The Morgan fingerprint density at radius 1 is 1.23 bits per heavy atom. The van der Waals surface area contributed by atoms with Crippen LogP contribution in [-0.4, -0.2) is 17.0 Å². The summed E-state index contributed by atoms with van der Waals surface area (Å²) in [5.74, 6) is 0.607. The van der Waals surface area contributed by atoms with Gasteiger partial charge in [-0.15, -0.1) is 0 Å². The molecular weight excluding hydrogens is 348 g/mol. The van der Waals surface area contributed by atoms with E-state index >= 15 is 0 Å². The molecule has 0 unspecified atom stereocenters. The van der Waals surface area contributed by atoms with Crippen LogP contribution in [0.3, 0.4) is 0 Å². The minimum Gasteiger partial charge on any atom is -0.474 e. The van der Waals surface area contributed by atoms with Gasteiger partial charge in [0.1, 0.15) is 6.10 Å². The van der Waals surface area contributed by atoms with Crippen molar-refractivity contribution in [2.24, 2.45) is 0 Å². The van der Waals surface area contributed by atoms with Crippen molar-refractivity contribution in [3.63, 3.8) is 0 Å². The highest BCUT2D eigenvalue weighted by molar-refractivity contribution is 6.30. The maximum absolute atomic E-state index is 12.7. The maximum atomic E-state index is 12.7. The number of rotatable bonds is 6. The van der Waals surface area contributed by atoms with Crippen LogP contribution in [0.2, 0.25) is 5.02 Å². The fourth-order valence-corrected chi connectivity index (χ4v) is 3.33. The maximum Gasteiger partial charge on any atom is 0.230 e. The number of amides is 1. The van der Waals surface area contributed by atoms with Crippen molar-refractivity contribution in [1.29, 1.82) is 0 Å². The Bertz CT molecular complexity index is 753. The molecule has 1 N–H and O–H groups in total. The van der Waals surface area contributed by atoms with Crippen LogP contribution in [0.15, 0.2) is 42.6 Å². The minimum atomic E-state index is -0.638. The van der Waals surface area contributed by atoms with Crippen molar-refractivity contribution >= 4 is 17.5 Å². The van der Waals surface area contributed by atoms with Crippen LogP contribution < -0.4 is 10.1 Å². The number of nitrogens with one attached hydrogen (secondary N) is 1. The van der Waals surface area contributed by atoms with Crippen molar-refractivity contribution < 1.29 is 9.53 Å². The number of hydrogen-bond acceptors (Lipinski definition) is 3. The highest BCUT2D eigenvalue weighted by Crippen LogP contribution is 2.26. The van der Waals surface area contributed by atoms with Gasteiger partial charge in [-0.05, 0) is 68.9 Å². The summed E-state index contributed by atoms with van der Waals surface area (Å²) in [5, 5.41) is 3.68. The molecule has 1 heterocycles. The molecule has 0 bridgehead atoms. The van der Waals surface area contributed by atoms with E-state index in [9.17, 15) is 4.79 Å². The first-order chi connectivity index (χ1) is 12.4. The molecule has 1 aliphatic carbocycles. The Balaban J connectivity index is 1.60. The van der Waals surface area contributed by atoms with E-state index in [2.05, 4.69) is 10.3 Å². The first-order valence-corrected chi connectivity index (χ1v) is 9.49. The average Bonchev–Trinajstić information content (AvgIpc) is 3.13. The largest absolute Gasteiger partial charge is 0.474 e. The second-order valence-electron chi connectivity index (χ2n) is 7.34. The standard InChI is InChI=1S/C21H25ClN2O2/c1-21(2,16-7-9-17(22)10-8-16)20(25)24-14-15-11-12-23-19(13-15)26-18-5-3-4-6-18/h7-13,18H,3-6,14H2,1-2H3,(H,24,25). The first kappa shape index (κ1) is 18.7. The number of benzene rings is 1. The molecule has 0 aliphatic heterocycles. The summed E-state index contributed by atoms with van der Waals surface area (Å²) >= 11 is 5.94. The van der Waals surface area contributed by atoms with Gasteiger partial charge in [0.15, 0.2) is 0 Å². The summed E-state index contributed by atoms with van der Waals surface area (Å²) < 4.78 is 5.93. The molecule has 0 atom stereocenters. The number of aromatic nitrogens is 1. The van der Waals surface area contributed by atoms with Crippen molar-refractivity contribution in [1.82, 2.24) is 10.3 Å². The quantitative estimate of drug-likeness (QED) is 0.802. The van der Waals surface area contributed by atoms with Gasteiger partial charge in [0.2, 0.25) is 11.8 Å². The molecule has 0 spiro atoms. The Morgan fingerprint density at radius 2 is 1.92 bits per heavy atom. The third-order valence-corrected chi connectivity index (χ3v) is 5.23. The van der Waals surface area contributed by atoms with Crippen molar-refractivity contribution in [2.75, 3.05) is 0 Å². The summed E-state index contributed by atoms with van der Waals surface area (Å²) in [6, 6.07) is 11.2. The van der Waals surface area contributed by atoms with Gasteiger partial charge < -0.3 is 10.1 Å². The Kier molecular flexibility index (Phi) is 5.82. The second-order valence-corrected chi connectivity index (χ2v) is 7.78. The molecule has 0 saturated heterocycles. The lowest BCUT2D eigenvalue weighted by Crippen LogP contribution is -2.39. The van der Waals surface area contributed by atoms with Gasteiger partial charge in [-0.2, -0.15) is 0 Å². The van der Waals surface area contributed by atoms with E-state index in [0.29, 0.717) is 17.4 Å². The van der Waals surface area contributed by atoms with Crippen LogP contribution in [0.25, 0.3) is 0 Å². The average molecular weight is 373 g/mol. The zero-order chi connectivity index (χ0) is 18.6. The molecule has 4 nitrogen and oxygen atoms in total. The number of ether oxygens (including phenoxy) is 1. The number of carbonyl (C=O) groups is 1. The minimum absolute atomic E-state index is 0.0325. The fourth-order valence-electron chi connectivity index (χ4n) is 3.20. The van der Waals surface area contributed by atoms with Gasteiger partial charge in [0.05, 0.1) is 5.41 Å². The molecule has 5 heteroatoms. The highest BCUT2D eigenvalue weighted by atomic mass is 35.5. The monoisotopic (exact) mass is 372 g/mol. The van der Waals surface area contributed by atoms with E-state index in [1.165, 1.54) is 12.8 Å². The van der Waals surface area contributed by atoms with Crippen LogP contribution in [0.4, 0.5) is 0 Å². The third-order valence-electron chi connectivity index (χ3n) is 4.98. The second kappa shape index (κ2) is 8.09. The summed E-state index contributed by atoms with van der Waals surface area (Å²) in [5.41, 5.74) is 1.27. The third kappa shape index (κ3) is 4.55. The number of hydrogen-bond donors (Lipinski definition) is 1. The summed E-state index contributed by atoms with van der Waals surface area (Å²) in [6.07, 6.45) is 6.64. The number of pyridine rings is 1. The van der Waals surface area contributed by atoms with Crippen LogP contribution in [-0.2, 0) is 16.8 Å². The molecule has 2 aromatic rings. The fraction of sp³-hybridized carbons (Fsp3) is 0.429.